The summed E-state index contributed by atoms with van der Waals surface area (Å²) in [6.07, 6.45) is 1.32. The number of alkyl halides is 1. The summed E-state index contributed by atoms with van der Waals surface area (Å²) < 4.78 is 0. The molecule has 0 aliphatic heterocycles. The van der Waals surface area contributed by atoms with E-state index in [4.69, 9.17) is 11.6 Å². The molecule has 3 heteroatoms. The van der Waals surface area contributed by atoms with Crippen LogP contribution in [0.25, 0.3) is 0 Å². The van der Waals surface area contributed by atoms with E-state index in [9.17, 15) is 4.79 Å². The van der Waals surface area contributed by atoms with Crippen LogP contribution < -0.4 is 5.32 Å². The fourth-order valence-corrected chi connectivity index (χ4v) is 1.50. The number of carbonyl (C=O) groups excluding carboxylic acids is 1. The van der Waals surface area contributed by atoms with Gasteiger partial charge < -0.3 is 5.32 Å². The van der Waals surface area contributed by atoms with Crippen molar-refractivity contribution in [3.05, 3.63) is 35.4 Å². The van der Waals surface area contributed by atoms with Crippen LogP contribution in [0, 0.1) is 6.92 Å². The minimum atomic E-state index is 0.0668. The molecule has 0 saturated carbocycles. The van der Waals surface area contributed by atoms with E-state index in [0.29, 0.717) is 18.8 Å². The highest BCUT2D eigenvalue weighted by atomic mass is 35.5. The van der Waals surface area contributed by atoms with E-state index in [0.717, 1.165) is 6.42 Å². The van der Waals surface area contributed by atoms with Gasteiger partial charge in [0.15, 0.2) is 0 Å². The molecule has 0 atom stereocenters. The molecule has 1 amide bonds. The predicted molar refractivity (Wildman–Crippen MR) is 63.2 cm³/mol. The molecule has 0 aliphatic rings. The van der Waals surface area contributed by atoms with Gasteiger partial charge in [0.25, 0.3) is 0 Å². The third-order valence-corrected chi connectivity index (χ3v) is 2.33. The highest BCUT2D eigenvalue weighted by Gasteiger charge is 2.01. The number of rotatable bonds is 5. The Morgan fingerprint density at radius 2 is 2.27 bits per heavy atom. The van der Waals surface area contributed by atoms with Crippen molar-refractivity contribution in [2.45, 2.75) is 19.8 Å². The molecule has 0 heterocycles. The number of nitrogens with one attached hydrogen (secondary N) is 1. The fourth-order valence-electron chi connectivity index (χ4n) is 1.40. The lowest BCUT2D eigenvalue weighted by atomic mass is 10.1. The van der Waals surface area contributed by atoms with Crippen LogP contribution in [0.1, 0.15) is 17.5 Å². The summed E-state index contributed by atoms with van der Waals surface area (Å²) in [6, 6.07) is 8.22. The highest BCUT2D eigenvalue weighted by molar-refractivity contribution is 6.18. The zero-order chi connectivity index (χ0) is 11.1. The minimum Gasteiger partial charge on any atom is -0.355 e. The molecule has 0 aliphatic carbocycles. The van der Waals surface area contributed by atoms with Crippen molar-refractivity contribution in [2.24, 2.45) is 0 Å². The summed E-state index contributed by atoms with van der Waals surface area (Å²) in [7, 11) is 0. The van der Waals surface area contributed by atoms with Crippen molar-refractivity contribution >= 4 is 17.5 Å². The summed E-state index contributed by atoms with van der Waals surface area (Å²) in [4.78, 5) is 11.3. The standard InChI is InChI=1S/C12H16ClNO/c1-10-3-2-4-11(9-10)5-6-12(15)14-8-7-13/h2-4,9H,5-8H2,1H3,(H,14,15). The first-order valence-corrected chi connectivity index (χ1v) is 5.64. The first-order valence-electron chi connectivity index (χ1n) is 5.10. The van der Waals surface area contributed by atoms with Crippen molar-refractivity contribution in [3.8, 4) is 0 Å². The van der Waals surface area contributed by atoms with E-state index >= 15 is 0 Å². The van der Waals surface area contributed by atoms with Gasteiger partial charge in [-0.3, -0.25) is 4.79 Å². The molecule has 82 valence electrons. The van der Waals surface area contributed by atoms with E-state index < -0.39 is 0 Å². The lowest BCUT2D eigenvalue weighted by Gasteiger charge is -2.03. The molecule has 2 nitrogen and oxygen atoms in total. The molecule has 1 rings (SSSR count). The molecular weight excluding hydrogens is 210 g/mol. The maximum absolute atomic E-state index is 11.3. The van der Waals surface area contributed by atoms with Crippen LogP contribution in [0.4, 0.5) is 0 Å². The van der Waals surface area contributed by atoms with Gasteiger partial charge in [-0.15, -0.1) is 11.6 Å². The van der Waals surface area contributed by atoms with Crippen molar-refractivity contribution in [3.63, 3.8) is 0 Å². The van der Waals surface area contributed by atoms with Crippen LogP contribution in [-0.4, -0.2) is 18.3 Å². The molecule has 15 heavy (non-hydrogen) atoms. The molecule has 0 spiro atoms. The van der Waals surface area contributed by atoms with Crippen LogP contribution in [0.3, 0.4) is 0 Å². The lowest BCUT2D eigenvalue weighted by Crippen LogP contribution is -2.25. The molecule has 0 saturated heterocycles. The molecular formula is C12H16ClNO. The topological polar surface area (TPSA) is 29.1 Å². The molecule has 0 fully saturated rings. The van der Waals surface area contributed by atoms with Crippen LogP contribution >= 0.6 is 11.6 Å². The third-order valence-electron chi connectivity index (χ3n) is 2.14. The van der Waals surface area contributed by atoms with Gasteiger partial charge in [-0.25, -0.2) is 0 Å². The quantitative estimate of drug-likeness (QED) is 0.766. The lowest BCUT2D eigenvalue weighted by molar-refractivity contribution is -0.120. The number of hydrogen-bond acceptors (Lipinski definition) is 1. The second-order valence-corrected chi connectivity index (χ2v) is 3.91. The summed E-state index contributed by atoms with van der Waals surface area (Å²) in [6.45, 7) is 2.60. The van der Waals surface area contributed by atoms with Gasteiger partial charge in [0.2, 0.25) is 5.91 Å². The van der Waals surface area contributed by atoms with E-state index in [1.54, 1.807) is 0 Å². The van der Waals surface area contributed by atoms with Gasteiger partial charge in [-0.2, -0.15) is 0 Å². The SMILES string of the molecule is Cc1cccc(CCC(=O)NCCCl)c1. The molecule has 0 aromatic heterocycles. The molecule has 1 aromatic carbocycles. The zero-order valence-electron chi connectivity index (χ0n) is 8.92. The second kappa shape index (κ2) is 6.46. The summed E-state index contributed by atoms with van der Waals surface area (Å²) in [5.41, 5.74) is 2.43. The fraction of sp³-hybridized carbons (Fsp3) is 0.417. The molecule has 1 N–H and O–H groups in total. The largest absolute Gasteiger partial charge is 0.355 e. The Morgan fingerprint density at radius 3 is 2.93 bits per heavy atom. The van der Waals surface area contributed by atoms with E-state index in [2.05, 4.69) is 24.4 Å². The summed E-state index contributed by atoms with van der Waals surface area (Å²) >= 11 is 5.47. The number of halogens is 1. The van der Waals surface area contributed by atoms with Gasteiger partial charge in [0, 0.05) is 18.8 Å². The Labute approximate surface area is 95.6 Å². The maximum atomic E-state index is 11.3. The first-order chi connectivity index (χ1) is 7.22. The van der Waals surface area contributed by atoms with Crippen molar-refractivity contribution in [2.75, 3.05) is 12.4 Å². The zero-order valence-corrected chi connectivity index (χ0v) is 9.68. The Kier molecular flexibility index (Phi) is 5.19. The first kappa shape index (κ1) is 12.1. The summed E-state index contributed by atoms with van der Waals surface area (Å²) in [5.74, 6) is 0.535. The number of benzene rings is 1. The van der Waals surface area contributed by atoms with Crippen molar-refractivity contribution in [1.29, 1.82) is 0 Å². The summed E-state index contributed by atoms with van der Waals surface area (Å²) in [5, 5.41) is 2.75. The normalized spacial score (nSPS) is 10.0. The number of aryl methyl sites for hydroxylation is 2. The second-order valence-electron chi connectivity index (χ2n) is 3.53. The van der Waals surface area contributed by atoms with Crippen LogP contribution in [0.15, 0.2) is 24.3 Å². The van der Waals surface area contributed by atoms with Gasteiger partial charge in [0.05, 0.1) is 0 Å². The minimum absolute atomic E-state index is 0.0668. The Morgan fingerprint density at radius 1 is 1.47 bits per heavy atom. The third kappa shape index (κ3) is 4.84. The van der Waals surface area contributed by atoms with E-state index in [-0.39, 0.29) is 5.91 Å². The number of amides is 1. The van der Waals surface area contributed by atoms with E-state index in [1.165, 1.54) is 11.1 Å². The van der Waals surface area contributed by atoms with Crippen molar-refractivity contribution in [1.82, 2.24) is 5.32 Å². The number of carbonyl (C=O) groups is 1. The highest BCUT2D eigenvalue weighted by Crippen LogP contribution is 2.06. The van der Waals surface area contributed by atoms with E-state index in [1.807, 2.05) is 12.1 Å². The molecule has 1 aromatic rings. The Bertz CT molecular complexity index is 325. The average Bonchev–Trinajstić information content (AvgIpc) is 2.23. The predicted octanol–water partition coefficient (Wildman–Crippen LogP) is 2.28. The molecule has 0 bridgehead atoms. The smallest absolute Gasteiger partial charge is 0.220 e. The van der Waals surface area contributed by atoms with Crippen LogP contribution in [-0.2, 0) is 11.2 Å². The number of hydrogen-bond donors (Lipinski definition) is 1. The maximum Gasteiger partial charge on any atom is 0.220 e. The molecule has 0 radical (unpaired) electrons. The van der Waals surface area contributed by atoms with Crippen molar-refractivity contribution < 1.29 is 4.79 Å². The molecule has 0 unspecified atom stereocenters. The van der Waals surface area contributed by atoms with Gasteiger partial charge in [0.1, 0.15) is 0 Å². The van der Waals surface area contributed by atoms with Crippen LogP contribution in [0.2, 0.25) is 0 Å². The monoisotopic (exact) mass is 225 g/mol. The van der Waals surface area contributed by atoms with Gasteiger partial charge in [-0.05, 0) is 18.9 Å². The average molecular weight is 226 g/mol. The van der Waals surface area contributed by atoms with Gasteiger partial charge in [-0.1, -0.05) is 29.8 Å². The van der Waals surface area contributed by atoms with Crippen LogP contribution in [0.5, 0.6) is 0 Å². The Hall–Kier alpha value is -1.02. The van der Waals surface area contributed by atoms with Gasteiger partial charge >= 0.3 is 0 Å². The Balaban J connectivity index is 2.33.